The molecule has 0 aromatic heterocycles. The van der Waals surface area contributed by atoms with Crippen molar-refractivity contribution in [1.29, 1.82) is 0 Å². The van der Waals surface area contributed by atoms with E-state index >= 15 is 0 Å². The SMILES string of the molecule is Cl.Cl.[SiH3]O[SiH3]. The van der Waals surface area contributed by atoms with Crippen LogP contribution in [0, 0.1) is 0 Å². The Morgan fingerprint density at radius 1 is 1.00 bits per heavy atom. The van der Waals surface area contributed by atoms with Crippen molar-refractivity contribution in [2.75, 3.05) is 0 Å². The molecule has 0 aliphatic carbocycles. The molecule has 0 radical (unpaired) electrons. The van der Waals surface area contributed by atoms with E-state index in [1.165, 1.54) is 0 Å². The van der Waals surface area contributed by atoms with Gasteiger partial charge in [0.15, 0.2) is 0 Å². The molecule has 0 amide bonds. The topological polar surface area (TPSA) is 9.23 Å². The summed E-state index contributed by atoms with van der Waals surface area (Å²) in [5.41, 5.74) is 0. The quantitative estimate of drug-likeness (QED) is 0.379. The van der Waals surface area contributed by atoms with Gasteiger partial charge in [-0.05, 0) is 0 Å². The third-order valence-electron chi connectivity index (χ3n) is 0. The molecule has 0 atom stereocenters. The van der Waals surface area contributed by atoms with Crippen LogP contribution in [-0.4, -0.2) is 21.0 Å². The predicted octanol–water partition coefficient (Wildman–Crippen LogP) is -1.59. The molecule has 0 heterocycles. The zero-order chi connectivity index (χ0) is 2.71. The molecule has 1 nitrogen and oxygen atoms in total. The molecular formula is H8Cl2OSi2. The largest absolute Gasteiger partial charge is 0.471 e. The maximum absolute atomic E-state index is 4.53. The Labute approximate surface area is 50.4 Å². The zero-order valence-electron chi connectivity index (χ0n) is 3.22. The average molecular weight is 151 g/mol. The van der Waals surface area contributed by atoms with E-state index in [9.17, 15) is 0 Å². The number of halogens is 2. The average Bonchev–Trinajstić information content (AvgIpc) is 0.918. The van der Waals surface area contributed by atoms with Gasteiger partial charge in [-0.1, -0.05) is 0 Å². The molecule has 0 unspecified atom stereocenters. The zero-order valence-corrected chi connectivity index (χ0v) is 8.86. The molecule has 36 valence electrons. The van der Waals surface area contributed by atoms with Crippen LogP contribution in [-0.2, 0) is 4.12 Å². The fourth-order valence-electron chi connectivity index (χ4n) is 0. The second-order valence-corrected chi connectivity index (χ2v) is 3.67. The monoisotopic (exact) mass is 150 g/mol. The van der Waals surface area contributed by atoms with Gasteiger partial charge in [-0.25, -0.2) is 0 Å². The lowest BCUT2D eigenvalue weighted by Crippen LogP contribution is -1.65. The van der Waals surface area contributed by atoms with Gasteiger partial charge in [0.25, 0.3) is 0 Å². The maximum Gasteiger partial charge on any atom is 0.129 e. The van der Waals surface area contributed by atoms with Gasteiger partial charge in [0.1, 0.15) is 21.0 Å². The molecular weight excluding hydrogens is 143 g/mol. The molecule has 0 rings (SSSR count). The number of hydrogen-bond acceptors (Lipinski definition) is 1. The fraction of sp³-hybridized carbons (Fsp3) is 0. The molecule has 0 aliphatic heterocycles. The van der Waals surface area contributed by atoms with Crippen molar-refractivity contribution >= 4 is 45.8 Å². The fourth-order valence-corrected chi connectivity index (χ4v) is 0. The first-order chi connectivity index (χ1) is 1.41. The highest BCUT2D eigenvalue weighted by molar-refractivity contribution is 6.15. The molecule has 0 aromatic rings. The smallest absolute Gasteiger partial charge is 0.129 e. The summed E-state index contributed by atoms with van der Waals surface area (Å²) in [6, 6.07) is 0. The molecule has 5 heteroatoms. The van der Waals surface area contributed by atoms with Crippen LogP contribution >= 0.6 is 24.8 Å². The van der Waals surface area contributed by atoms with E-state index in [4.69, 9.17) is 0 Å². The molecule has 0 fully saturated rings. The third kappa shape index (κ3) is 46.4. The summed E-state index contributed by atoms with van der Waals surface area (Å²) in [4.78, 5) is 0. The van der Waals surface area contributed by atoms with Crippen molar-refractivity contribution < 1.29 is 4.12 Å². The van der Waals surface area contributed by atoms with Gasteiger partial charge >= 0.3 is 0 Å². The van der Waals surface area contributed by atoms with E-state index in [1.807, 2.05) is 0 Å². The first-order valence-corrected chi connectivity index (χ1v) is 2.45. The van der Waals surface area contributed by atoms with Gasteiger partial charge in [0.05, 0.1) is 0 Å². The maximum atomic E-state index is 4.53. The van der Waals surface area contributed by atoms with Crippen LogP contribution in [0.4, 0.5) is 0 Å². The van der Waals surface area contributed by atoms with E-state index in [2.05, 4.69) is 4.12 Å². The van der Waals surface area contributed by atoms with Gasteiger partial charge in [0, 0.05) is 0 Å². The lowest BCUT2D eigenvalue weighted by molar-refractivity contribution is 0.690. The third-order valence-corrected chi connectivity index (χ3v) is 0. The van der Waals surface area contributed by atoms with Gasteiger partial charge in [-0.15, -0.1) is 24.8 Å². The molecule has 0 bridgehead atoms. The Kier molecular flexibility index (Phi) is 67.4. The van der Waals surface area contributed by atoms with Crippen LogP contribution in [0.5, 0.6) is 0 Å². The predicted molar refractivity (Wildman–Crippen MR) is 35.5 cm³/mol. The molecule has 0 spiro atoms. The molecule has 0 N–H and O–H groups in total. The minimum atomic E-state index is 0. The molecule has 0 aromatic carbocycles. The Morgan fingerprint density at radius 3 is 1.00 bits per heavy atom. The van der Waals surface area contributed by atoms with Crippen molar-refractivity contribution in [2.24, 2.45) is 0 Å². The highest BCUT2D eigenvalue weighted by atomic mass is 35.5. The lowest BCUT2D eigenvalue weighted by atomic mass is 15.8. The Morgan fingerprint density at radius 2 is 1.00 bits per heavy atom. The van der Waals surface area contributed by atoms with Gasteiger partial charge in [0.2, 0.25) is 0 Å². The first kappa shape index (κ1) is 16.7. The van der Waals surface area contributed by atoms with Crippen LogP contribution in [0.2, 0.25) is 0 Å². The minimum Gasteiger partial charge on any atom is -0.471 e. The highest BCUT2D eigenvalue weighted by Crippen LogP contribution is 1.20. The molecule has 0 saturated heterocycles. The summed E-state index contributed by atoms with van der Waals surface area (Å²) >= 11 is 0. The van der Waals surface area contributed by atoms with E-state index < -0.39 is 0 Å². The summed E-state index contributed by atoms with van der Waals surface area (Å²) in [7, 11) is 1.86. The van der Waals surface area contributed by atoms with Crippen molar-refractivity contribution in [2.45, 2.75) is 0 Å². The second kappa shape index (κ2) is 20.2. The summed E-state index contributed by atoms with van der Waals surface area (Å²) in [6.45, 7) is 0. The van der Waals surface area contributed by atoms with E-state index in [0.29, 0.717) is 0 Å². The number of rotatable bonds is 0. The van der Waals surface area contributed by atoms with Crippen molar-refractivity contribution in [3.8, 4) is 0 Å². The molecule has 0 saturated carbocycles. The van der Waals surface area contributed by atoms with Crippen LogP contribution in [0.25, 0.3) is 0 Å². The standard InChI is InChI=1S/2ClH.H6OSi2/c;;2-1-3/h2*1H;2-3H3. The summed E-state index contributed by atoms with van der Waals surface area (Å²) < 4.78 is 4.53. The lowest BCUT2D eigenvalue weighted by Gasteiger charge is -1.62. The highest BCUT2D eigenvalue weighted by Gasteiger charge is 1.28. The minimum absolute atomic E-state index is 0. The van der Waals surface area contributed by atoms with Gasteiger partial charge < -0.3 is 4.12 Å². The second-order valence-electron chi connectivity index (χ2n) is 0.408. The van der Waals surface area contributed by atoms with E-state index in [0.717, 1.165) is 21.0 Å². The Hall–Kier alpha value is 0.974. The molecule has 0 aliphatic rings. The summed E-state index contributed by atoms with van der Waals surface area (Å²) in [6.07, 6.45) is 0. The van der Waals surface area contributed by atoms with Gasteiger partial charge in [-0.3, -0.25) is 0 Å². The number of hydrogen-bond donors (Lipinski definition) is 0. The summed E-state index contributed by atoms with van der Waals surface area (Å²) in [5.74, 6) is 0. The van der Waals surface area contributed by atoms with Crippen molar-refractivity contribution in [3.05, 3.63) is 0 Å². The van der Waals surface area contributed by atoms with Crippen molar-refractivity contribution in [1.82, 2.24) is 0 Å². The van der Waals surface area contributed by atoms with Crippen LogP contribution in [0.15, 0.2) is 0 Å². The van der Waals surface area contributed by atoms with Crippen LogP contribution in [0.1, 0.15) is 0 Å². The van der Waals surface area contributed by atoms with Crippen LogP contribution in [0.3, 0.4) is 0 Å². The normalized spacial score (nSPS) is 4.80. The first-order valence-electron chi connectivity index (χ1n) is 0.816. The van der Waals surface area contributed by atoms with Gasteiger partial charge in [-0.2, -0.15) is 0 Å². The Balaban J connectivity index is -0.0000000200. The summed E-state index contributed by atoms with van der Waals surface area (Å²) in [5, 5.41) is 0. The molecule has 5 heavy (non-hydrogen) atoms. The van der Waals surface area contributed by atoms with E-state index in [-0.39, 0.29) is 24.8 Å². The van der Waals surface area contributed by atoms with E-state index in [1.54, 1.807) is 0 Å². The Bertz CT molecular complexity index is 7.61. The van der Waals surface area contributed by atoms with Crippen molar-refractivity contribution in [3.63, 3.8) is 0 Å². The van der Waals surface area contributed by atoms with Crippen LogP contribution < -0.4 is 0 Å².